The molecule has 20 heavy (non-hydrogen) atoms. The number of nitrogens with zero attached hydrogens (tertiary/aromatic N) is 2. The van der Waals surface area contributed by atoms with Crippen molar-refractivity contribution < 1.29 is 4.42 Å². The first-order valence-corrected chi connectivity index (χ1v) is 7.98. The Bertz CT molecular complexity index is 396. The lowest BCUT2D eigenvalue weighted by molar-refractivity contribution is 0.503. The van der Waals surface area contributed by atoms with Crippen LogP contribution < -0.4 is 10.2 Å². The van der Waals surface area contributed by atoms with E-state index in [0.717, 1.165) is 37.3 Å². The lowest BCUT2D eigenvalue weighted by atomic mass is 10.1. The van der Waals surface area contributed by atoms with Crippen molar-refractivity contribution in [2.45, 2.75) is 59.5 Å². The summed E-state index contributed by atoms with van der Waals surface area (Å²) in [4.78, 5) is 7.00. The zero-order chi connectivity index (χ0) is 14.5. The molecule has 1 saturated carbocycles. The highest BCUT2D eigenvalue weighted by atomic mass is 16.4. The van der Waals surface area contributed by atoms with Gasteiger partial charge < -0.3 is 14.6 Å². The number of nitrogens with one attached hydrogen (secondary N) is 1. The predicted octanol–water partition coefficient (Wildman–Crippen LogP) is 3.44. The fraction of sp³-hybridized carbons (Fsp3) is 0.812. The minimum atomic E-state index is 0.656. The van der Waals surface area contributed by atoms with Gasteiger partial charge in [-0.05, 0) is 37.6 Å². The first-order valence-electron chi connectivity index (χ1n) is 7.98. The highest BCUT2D eigenvalue weighted by Gasteiger charge is 2.31. The van der Waals surface area contributed by atoms with E-state index in [-0.39, 0.29) is 0 Å². The molecule has 0 unspecified atom stereocenters. The second kappa shape index (κ2) is 7.11. The molecule has 1 aromatic rings. The normalized spacial score (nSPS) is 15.3. The summed E-state index contributed by atoms with van der Waals surface area (Å²) in [6.45, 7) is 11.8. The van der Waals surface area contributed by atoms with Crippen LogP contribution in [0.3, 0.4) is 0 Å². The monoisotopic (exact) mass is 279 g/mol. The molecule has 0 aromatic carbocycles. The Morgan fingerprint density at radius 2 is 2.05 bits per heavy atom. The Morgan fingerprint density at radius 3 is 2.65 bits per heavy atom. The SMILES string of the molecule is CC(C)CCN(c1nc(CNCC(C)C)co1)C1CC1. The van der Waals surface area contributed by atoms with E-state index in [1.165, 1.54) is 19.3 Å². The van der Waals surface area contributed by atoms with Crippen molar-refractivity contribution in [3.05, 3.63) is 12.0 Å². The van der Waals surface area contributed by atoms with Crippen molar-refractivity contribution in [3.63, 3.8) is 0 Å². The van der Waals surface area contributed by atoms with Crippen LogP contribution in [0.25, 0.3) is 0 Å². The van der Waals surface area contributed by atoms with Crippen LogP contribution in [0.2, 0.25) is 0 Å². The van der Waals surface area contributed by atoms with Crippen LogP contribution in [0.15, 0.2) is 10.7 Å². The van der Waals surface area contributed by atoms with E-state index < -0.39 is 0 Å². The maximum atomic E-state index is 5.69. The molecule has 1 aromatic heterocycles. The van der Waals surface area contributed by atoms with E-state index >= 15 is 0 Å². The maximum absolute atomic E-state index is 5.69. The molecule has 0 radical (unpaired) electrons. The summed E-state index contributed by atoms with van der Waals surface area (Å²) in [6, 6.07) is 1.47. The van der Waals surface area contributed by atoms with Crippen LogP contribution in [-0.2, 0) is 6.54 Å². The third-order valence-electron chi connectivity index (χ3n) is 3.58. The number of oxazole rings is 1. The highest BCUT2D eigenvalue weighted by Crippen LogP contribution is 2.31. The molecule has 0 aliphatic heterocycles. The van der Waals surface area contributed by atoms with Crippen LogP contribution >= 0.6 is 0 Å². The molecule has 0 bridgehead atoms. The van der Waals surface area contributed by atoms with E-state index in [1.54, 1.807) is 6.26 Å². The Balaban J connectivity index is 1.87. The van der Waals surface area contributed by atoms with Crippen molar-refractivity contribution >= 4 is 6.01 Å². The molecule has 0 amide bonds. The van der Waals surface area contributed by atoms with Gasteiger partial charge in [0.2, 0.25) is 0 Å². The molecule has 4 nitrogen and oxygen atoms in total. The molecule has 0 atom stereocenters. The summed E-state index contributed by atoms with van der Waals surface area (Å²) in [5, 5.41) is 3.41. The molecule has 2 rings (SSSR count). The van der Waals surface area contributed by atoms with Gasteiger partial charge in [0, 0.05) is 19.1 Å². The van der Waals surface area contributed by atoms with E-state index in [1.807, 2.05) is 0 Å². The van der Waals surface area contributed by atoms with E-state index in [9.17, 15) is 0 Å². The van der Waals surface area contributed by atoms with E-state index in [2.05, 4.69) is 42.9 Å². The molecule has 1 fully saturated rings. The van der Waals surface area contributed by atoms with Crippen LogP contribution in [-0.4, -0.2) is 24.1 Å². The molecular formula is C16H29N3O. The molecule has 4 heteroatoms. The summed E-state index contributed by atoms with van der Waals surface area (Å²) < 4.78 is 5.69. The van der Waals surface area contributed by atoms with Crippen LogP contribution in [0.1, 0.15) is 52.7 Å². The standard InChI is InChI=1S/C16H29N3O/c1-12(2)7-8-19(15-5-6-15)16-18-14(11-20-16)10-17-9-13(3)4/h11-13,15,17H,5-10H2,1-4H3. The van der Waals surface area contributed by atoms with Gasteiger partial charge in [-0.25, -0.2) is 0 Å². The lowest BCUT2D eigenvalue weighted by Gasteiger charge is -2.20. The molecule has 1 aliphatic rings. The number of hydrogen-bond donors (Lipinski definition) is 1. The number of hydrogen-bond acceptors (Lipinski definition) is 4. The van der Waals surface area contributed by atoms with Gasteiger partial charge in [-0.2, -0.15) is 4.98 Å². The quantitative estimate of drug-likeness (QED) is 0.752. The fourth-order valence-electron chi connectivity index (χ4n) is 2.22. The Labute approximate surface area is 122 Å². The lowest BCUT2D eigenvalue weighted by Crippen LogP contribution is -2.28. The molecule has 1 heterocycles. The minimum Gasteiger partial charge on any atom is -0.432 e. The molecular weight excluding hydrogens is 250 g/mol. The van der Waals surface area contributed by atoms with Crippen molar-refractivity contribution in [3.8, 4) is 0 Å². The predicted molar refractivity (Wildman–Crippen MR) is 82.9 cm³/mol. The summed E-state index contributed by atoms with van der Waals surface area (Å²) in [7, 11) is 0. The van der Waals surface area contributed by atoms with Crippen molar-refractivity contribution in [2.75, 3.05) is 18.0 Å². The van der Waals surface area contributed by atoms with Gasteiger partial charge in [0.05, 0.1) is 5.69 Å². The van der Waals surface area contributed by atoms with Gasteiger partial charge in [0.15, 0.2) is 0 Å². The zero-order valence-corrected chi connectivity index (χ0v) is 13.4. The molecule has 0 spiro atoms. The van der Waals surface area contributed by atoms with Crippen LogP contribution in [0.4, 0.5) is 6.01 Å². The second-order valence-corrected chi connectivity index (χ2v) is 6.75. The number of aromatic nitrogens is 1. The summed E-state index contributed by atoms with van der Waals surface area (Å²) >= 11 is 0. The fourth-order valence-corrected chi connectivity index (χ4v) is 2.22. The van der Waals surface area contributed by atoms with Gasteiger partial charge in [0.1, 0.15) is 6.26 Å². The average Bonchev–Trinajstić information content (AvgIpc) is 3.09. The van der Waals surface area contributed by atoms with E-state index in [0.29, 0.717) is 12.0 Å². The summed E-state index contributed by atoms with van der Waals surface area (Å²) in [5.74, 6) is 1.38. The first-order chi connectivity index (χ1) is 9.56. The van der Waals surface area contributed by atoms with Gasteiger partial charge >= 0.3 is 0 Å². The third-order valence-corrected chi connectivity index (χ3v) is 3.58. The van der Waals surface area contributed by atoms with E-state index in [4.69, 9.17) is 4.42 Å². The molecule has 1 aliphatic carbocycles. The van der Waals surface area contributed by atoms with Gasteiger partial charge in [-0.15, -0.1) is 0 Å². The summed E-state index contributed by atoms with van der Waals surface area (Å²) in [5.41, 5.74) is 1.01. The Kier molecular flexibility index (Phi) is 5.46. The van der Waals surface area contributed by atoms with Crippen LogP contribution in [0, 0.1) is 11.8 Å². The maximum Gasteiger partial charge on any atom is 0.297 e. The molecule has 114 valence electrons. The highest BCUT2D eigenvalue weighted by molar-refractivity contribution is 5.31. The van der Waals surface area contributed by atoms with Crippen molar-refractivity contribution in [2.24, 2.45) is 11.8 Å². The van der Waals surface area contributed by atoms with Gasteiger partial charge in [-0.1, -0.05) is 27.7 Å². The molecule has 0 saturated heterocycles. The largest absolute Gasteiger partial charge is 0.432 e. The second-order valence-electron chi connectivity index (χ2n) is 6.75. The van der Waals surface area contributed by atoms with Gasteiger partial charge in [0.25, 0.3) is 6.01 Å². The summed E-state index contributed by atoms with van der Waals surface area (Å²) in [6.07, 6.45) is 5.55. The number of rotatable bonds is 9. The molecule has 1 N–H and O–H groups in total. The number of anilines is 1. The first kappa shape index (κ1) is 15.4. The minimum absolute atomic E-state index is 0.656. The Morgan fingerprint density at radius 1 is 1.30 bits per heavy atom. The zero-order valence-electron chi connectivity index (χ0n) is 13.4. The Hall–Kier alpha value is -1.03. The smallest absolute Gasteiger partial charge is 0.297 e. The van der Waals surface area contributed by atoms with Crippen molar-refractivity contribution in [1.82, 2.24) is 10.3 Å². The topological polar surface area (TPSA) is 41.3 Å². The average molecular weight is 279 g/mol. The van der Waals surface area contributed by atoms with Gasteiger partial charge in [-0.3, -0.25) is 0 Å². The van der Waals surface area contributed by atoms with Crippen molar-refractivity contribution in [1.29, 1.82) is 0 Å². The van der Waals surface area contributed by atoms with Crippen LogP contribution in [0.5, 0.6) is 0 Å². The third kappa shape index (κ3) is 4.82.